The van der Waals surface area contributed by atoms with Gasteiger partial charge in [0.2, 0.25) is 17.7 Å². The highest BCUT2D eigenvalue weighted by molar-refractivity contribution is 8.02. The van der Waals surface area contributed by atoms with Gasteiger partial charge in [-0.25, -0.2) is 0 Å². The van der Waals surface area contributed by atoms with Gasteiger partial charge >= 0.3 is 0 Å². The van der Waals surface area contributed by atoms with E-state index in [9.17, 15) is 19.5 Å². The van der Waals surface area contributed by atoms with Crippen molar-refractivity contribution in [2.45, 2.75) is 68.2 Å². The maximum atomic E-state index is 14.7. The molecule has 4 rings (SSSR count). The van der Waals surface area contributed by atoms with Crippen molar-refractivity contribution in [2.24, 2.45) is 17.8 Å². The molecule has 3 heterocycles. The maximum absolute atomic E-state index is 14.7. The lowest BCUT2D eigenvalue weighted by Gasteiger charge is -2.45. The molecule has 0 aliphatic carbocycles. The number of amides is 3. The Morgan fingerprint density at radius 1 is 1.18 bits per heavy atom. The highest BCUT2D eigenvalue weighted by atomic mass is 32.2. The molecule has 0 saturated carbocycles. The highest BCUT2D eigenvalue weighted by Crippen LogP contribution is 2.69. The third kappa shape index (κ3) is 4.84. The fraction of sp³-hybridized carbons (Fsp3) is 0.581. The first kappa shape index (κ1) is 29.4. The molecule has 3 aliphatic rings. The molecule has 2 bridgehead atoms. The number of likely N-dealkylation sites (N-methyl/N-ethyl adjacent to an activating group) is 1. The average Bonchev–Trinajstić information content (AvgIpc) is 3.48. The molecule has 3 fully saturated rings. The Kier molecular flexibility index (Phi) is 8.39. The first-order chi connectivity index (χ1) is 18.4. The summed E-state index contributed by atoms with van der Waals surface area (Å²) in [5, 5.41) is 10.6. The molecule has 3 aliphatic heterocycles. The second-order valence-electron chi connectivity index (χ2n) is 12.2. The minimum Gasteiger partial charge on any atom is -0.394 e. The summed E-state index contributed by atoms with van der Waals surface area (Å²) in [7, 11) is 1.74. The Bertz CT molecular complexity index is 1120. The van der Waals surface area contributed by atoms with Crippen molar-refractivity contribution < 1.29 is 19.5 Å². The third-order valence-corrected chi connectivity index (χ3v) is 10.9. The monoisotopic (exact) mass is 553 g/mol. The fourth-order valence-corrected chi connectivity index (χ4v) is 9.46. The number of fused-ring (bicyclic) bond motifs is 1. The second-order valence-corrected chi connectivity index (χ2v) is 13.8. The van der Waals surface area contributed by atoms with Crippen molar-refractivity contribution in [3.8, 4) is 0 Å². The van der Waals surface area contributed by atoms with E-state index in [1.54, 1.807) is 45.7 Å². The van der Waals surface area contributed by atoms with E-state index in [0.717, 1.165) is 12.0 Å². The Morgan fingerprint density at radius 2 is 1.82 bits per heavy atom. The van der Waals surface area contributed by atoms with E-state index in [4.69, 9.17) is 0 Å². The summed E-state index contributed by atoms with van der Waals surface area (Å²) >= 11 is 1.66. The molecule has 3 unspecified atom stereocenters. The third-order valence-electron chi connectivity index (χ3n) is 8.79. The molecule has 7 atom stereocenters. The number of rotatable bonds is 10. The Morgan fingerprint density at radius 3 is 2.38 bits per heavy atom. The van der Waals surface area contributed by atoms with Crippen molar-refractivity contribution in [3.63, 3.8) is 0 Å². The summed E-state index contributed by atoms with van der Waals surface area (Å²) in [6.45, 7) is 16.2. The molecule has 1 aromatic carbocycles. The summed E-state index contributed by atoms with van der Waals surface area (Å²) in [5.41, 5.74) is 0.472. The van der Waals surface area contributed by atoms with Crippen LogP contribution in [0.5, 0.6) is 0 Å². The largest absolute Gasteiger partial charge is 0.394 e. The summed E-state index contributed by atoms with van der Waals surface area (Å²) < 4.78 is -0.747. The second kappa shape index (κ2) is 11.1. The van der Waals surface area contributed by atoms with E-state index >= 15 is 0 Å². The number of hydrogen-bond donors (Lipinski definition) is 1. The molecule has 0 aromatic heterocycles. The van der Waals surface area contributed by atoms with Crippen LogP contribution in [-0.2, 0) is 20.8 Å². The van der Waals surface area contributed by atoms with E-state index in [-0.39, 0.29) is 35.5 Å². The SMILES string of the molecule is C=CCN(C)C(=O)[C@@H]1[C@H]2C(=O)N([C@@H](CO)Cc3ccccc3)C(C(=O)N(CC=C)C(C)(C)C)C23S[C@@H]1CC3C. The molecule has 7 nitrogen and oxygen atoms in total. The van der Waals surface area contributed by atoms with Gasteiger partial charge in [0.15, 0.2) is 0 Å². The van der Waals surface area contributed by atoms with Gasteiger partial charge in [0, 0.05) is 30.9 Å². The smallest absolute Gasteiger partial charge is 0.247 e. The van der Waals surface area contributed by atoms with E-state index < -0.39 is 34.2 Å². The van der Waals surface area contributed by atoms with Gasteiger partial charge in [-0.3, -0.25) is 14.4 Å². The highest BCUT2D eigenvalue weighted by Gasteiger charge is 2.77. The van der Waals surface area contributed by atoms with Crippen LogP contribution in [0.2, 0.25) is 0 Å². The molecule has 1 spiro atoms. The van der Waals surface area contributed by atoms with Crippen molar-refractivity contribution in [2.75, 3.05) is 26.7 Å². The normalized spacial score (nSPS) is 30.2. The number of carbonyl (C=O) groups is 3. The number of thioether (sulfide) groups is 1. The summed E-state index contributed by atoms with van der Waals surface area (Å²) in [6, 6.07) is 8.35. The standard InChI is InChI=1S/C31H43N3O4S/c1-8-15-32(7)27(36)24-23-17-20(3)31(39-23)25(24)28(37)34(22(19-35)18-21-13-11-10-12-14-21)26(31)29(38)33(16-9-2)30(4,5)6/h8-14,20,22-26,35H,1-2,15-19H2,3-7H3/t20?,22-,23-,24+,25+,26?,31?/m1/s1. The first-order valence-electron chi connectivity index (χ1n) is 13.9. The maximum Gasteiger partial charge on any atom is 0.247 e. The van der Waals surface area contributed by atoms with Gasteiger partial charge in [-0.15, -0.1) is 24.9 Å². The van der Waals surface area contributed by atoms with Crippen molar-refractivity contribution in [1.29, 1.82) is 0 Å². The summed E-state index contributed by atoms with van der Waals surface area (Å²) in [4.78, 5) is 48.1. The molecule has 3 amide bonds. The zero-order valence-corrected chi connectivity index (χ0v) is 24.7. The van der Waals surface area contributed by atoms with Crippen LogP contribution in [0.3, 0.4) is 0 Å². The molecule has 0 radical (unpaired) electrons. The van der Waals surface area contributed by atoms with Crippen molar-refractivity contribution >= 4 is 29.5 Å². The lowest BCUT2D eigenvalue weighted by atomic mass is 9.65. The fourth-order valence-electron chi connectivity index (χ4n) is 7.06. The number of carbonyl (C=O) groups excluding carboxylic acids is 3. The minimum atomic E-state index is -0.789. The number of aliphatic hydroxyl groups excluding tert-OH is 1. The van der Waals surface area contributed by atoms with Gasteiger partial charge in [0.1, 0.15) is 6.04 Å². The Hall–Kier alpha value is -2.58. The Balaban J connectivity index is 1.85. The molecule has 212 valence electrons. The van der Waals surface area contributed by atoms with Gasteiger partial charge in [-0.05, 0) is 45.1 Å². The molecule has 39 heavy (non-hydrogen) atoms. The van der Waals surface area contributed by atoms with E-state index in [2.05, 4.69) is 20.1 Å². The molecule has 3 saturated heterocycles. The predicted molar refractivity (Wildman–Crippen MR) is 156 cm³/mol. The first-order valence-corrected chi connectivity index (χ1v) is 14.7. The number of aliphatic hydroxyl groups is 1. The van der Waals surface area contributed by atoms with Crippen LogP contribution < -0.4 is 0 Å². The van der Waals surface area contributed by atoms with E-state index in [1.165, 1.54) is 0 Å². The lowest BCUT2D eigenvalue weighted by molar-refractivity contribution is -0.148. The van der Waals surface area contributed by atoms with Gasteiger partial charge in [-0.1, -0.05) is 49.4 Å². The number of benzene rings is 1. The van der Waals surface area contributed by atoms with E-state index in [0.29, 0.717) is 19.5 Å². The van der Waals surface area contributed by atoms with Crippen LogP contribution in [0.1, 0.15) is 39.7 Å². The molecular weight excluding hydrogens is 510 g/mol. The zero-order valence-electron chi connectivity index (χ0n) is 23.9. The van der Waals surface area contributed by atoms with Crippen LogP contribution in [0.25, 0.3) is 0 Å². The predicted octanol–water partition coefficient (Wildman–Crippen LogP) is 3.38. The van der Waals surface area contributed by atoms with Crippen LogP contribution in [0, 0.1) is 17.8 Å². The quantitative estimate of drug-likeness (QED) is 0.450. The lowest BCUT2D eigenvalue weighted by Crippen LogP contribution is -2.62. The minimum absolute atomic E-state index is 0.0321. The molecule has 1 N–H and O–H groups in total. The van der Waals surface area contributed by atoms with Crippen molar-refractivity contribution in [1.82, 2.24) is 14.7 Å². The van der Waals surface area contributed by atoms with Crippen molar-refractivity contribution in [3.05, 3.63) is 61.2 Å². The Labute approximate surface area is 237 Å². The van der Waals surface area contributed by atoms with E-state index in [1.807, 2.05) is 51.1 Å². The van der Waals surface area contributed by atoms with Gasteiger partial charge in [0.05, 0.1) is 29.2 Å². The zero-order chi connectivity index (χ0) is 28.7. The van der Waals surface area contributed by atoms with Crippen LogP contribution >= 0.6 is 11.8 Å². The van der Waals surface area contributed by atoms with Crippen LogP contribution in [0.4, 0.5) is 0 Å². The average molecular weight is 554 g/mol. The molecule has 1 aromatic rings. The summed E-state index contributed by atoms with van der Waals surface area (Å²) in [5.74, 6) is -1.49. The number of hydrogen-bond acceptors (Lipinski definition) is 5. The molecular formula is C31H43N3O4S. The number of likely N-dealkylation sites (tertiary alicyclic amines) is 1. The van der Waals surface area contributed by atoms with Crippen LogP contribution in [-0.4, -0.2) is 91.9 Å². The van der Waals surface area contributed by atoms with Crippen LogP contribution in [0.15, 0.2) is 55.6 Å². The summed E-state index contributed by atoms with van der Waals surface area (Å²) in [6.07, 6.45) is 4.59. The topological polar surface area (TPSA) is 81.2 Å². The number of nitrogens with zero attached hydrogens (tertiary/aromatic N) is 3. The van der Waals surface area contributed by atoms with Gasteiger partial charge in [-0.2, -0.15) is 0 Å². The molecule has 8 heteroatoms. The van der Waals surface area contributed by atoms with Gasteiger partial charge in [0.25, 0.3) is 0 Å². The van der Waals surface area contributed by atoms with Gasteiger partial charge < -0.3 is 19.8 Å².